The van der Waals surface area contributed by atoms with Gasteiger partial charge in [-0.15, -0.1) is 0 Å². The van der Waals surface area contributed by atoms with Gasteiger partial charge >= 0.3 is 0 Å². The Labute approximate surface area is 172 Å². The highest BCUT2D eigenvalue weighted by atomic mass is 32.2. The third kappa shape index (κ3) is 6.38. The largest absolute Gasteiger partial charge is 0.477 e. The Morgan fingerprint density at radius 1 is 1.10 bits per heavy atom. The third-order valence-corrected chi connectivity index (χ3v) is 5.19. The van der Waals surface area contributed by atoms with Crippen molar-refractivity contribution >= 4 is 15.8 Å². The molecule has 0 bridgehead atoms. The lowest BCUT2D eigenvalue weighted by molar-refractivity contribution is 0.147. The number of nitrogens with one attached hydrogen (secondary N) is 1. The number of nitrogens with two attached hydrogens (primary N) is 1. The van der Waals surface area contributed by atoms with Crippen molar-refractivity contribution in [2.75, 3.05) is 12.3 Å². The second-order valence-corrected chi connectivity index (χ2v) is 10.8. The van der Waals surface area contributed by atoms with Gasteiger partial charge in [-0.1, -0.05) is 47.6 Å². The number of nitrogens with zero attached hydrogens (tertiary/aromatic N) is 2. The van der Waals surface area contributed by atoms with Crippen LogP contribution < -0.4 is 15.2 Å². The number of nitrogen functional groups attached to an aromatic ring is 1. The Kier molecular flexibility index (Phi) is 6.56. The third-order valence-electron chi connectivity index (χ3n) is 3.88. The Hall–Kier alpha value is -2.23. The smallest absolute Gasteiger partial charge is 0.260 e. The molecule has 1 unspecified atom stereocenters. The number of aromatic nitrogens is 2. The minimum absolute atomic E-state index is 0.0627. The Morgan fingerprint density at radius 2 is 1.76 bits per heavy atom. The lowest BCUT2D eigenvalue weighted by atomic mass is 9.91. The average Bonchev–Trinajstić information content (AvgIpc) is 2.58. The van der Waals surface area contributed by atoms with Crippen LogP contribution in [0.2, 0.25) is 0 Å². The second kappa shape index (κ2) is 8.25. The number of aliphatic hydroxyl groups is 1. The topological polar surface area (TPSA) is 127 Å². The van der Waals surface area contributed by atoms with E-state index in [1.54, 1.807) is 12.1 Å². The summed E-state index contributed by atoms with van der Waals surface area (Å²) in [7, 11) is -4.10. The molecule has 29 heavy (non-hydrogen) atoms. The summed E-state index contributed by atoms with van der Waals surface area (Å²) in [5.74, 6) is 0.246. The lowest BCUT2D eigenvalue weighted by Gasteiger charge is -2.24. The SMILES string of the molecule is CC(C)(C)COc1nc(C(C)(C)C)ccc1C(O)NS(=O)(=O)c1cccc(N)n1. The molecular weight excluding hydrogens is 392 g/mol. The quantitative estimate of drug-likeness (QED) is 0.611. The van der Waals surface area contributed by atoms with Gasteiger partial charge < -0.3 is 15.6 Å². The number of hydrogen-bond acceptors (Lipinski definition) is 7. The fraction of sp³-hybridized carbons (Fsp3) is 0.500. The number of hydrogen-bond donors (Lipinski definition) is 3. The van der Waals surface area contributed by atoms with Crippen molar-refractivity contribution in [2.45, 2.75) is 58.2 Å². The maximum atomic E-state index is 12.6. The first kappa shape index (κ1) is 23.1. The van der Waals surface area contributed by atoms with Crippen LogP contribution in [0.15, 0.2) is 35.4 Å². The predicted octanol–water partition coefficient (Wildman–Crippen LogP) is 2.75. The van der Waals surface area contributed by atoms with Gasteiger partial charge in [0.25, 0.3) is 10.0 Å². The molecule has 0 spiro atoms. The van der Waals surface area contributed by atoms with Crippen LogP contribution in [0.5, 0.6) is 5.88 Å². The Balaban J connectivity index is 2.38. The molecule has 0 saturated heterocycles. The highest BCUT2D eigenvalue weighted by molar-refractivity contribution is 7.89. The van der Waals surface area contributed by atoms with E-state index in [0.717, 1.165) is 5.69 Å². The summed E-state index contributed by atoms with van der Waals surface area (Å²) in [6.07, 6.45) is -1.57. The van der Waals surface area contributed by atoms with Gasteiger partial charge in [0, 0.05) is 11.1 Å². The van der Waals surface area contributed by atoms with E-state index >= 15 is 0 Å². The number of pyridine rings is 2. The molecule has 8 nitrogen and oxygen atoms in total. The number of ether oxygens (including phenoxy) is 1. The molecule has 9 heteroatoms. The molecule has 2 heterocycles. The molecule has 0 aliphatic heterocycles. The molecule has 2 aromatic heterocycles. The average molecular weight is 423 g/mol. The molecule has 2 rings (SSSR count). The fourth-order valence-corrected chi connectivity index (χ4v) is 3.35. The predicted molar refractivity (Wildman–Crippen MR) is 112 cm³/mol. The van der Waals surface area contributed by atoms with Gasteiger partial charge in [-0.25, -0.2) is 18.4 Å². The van der Waals surface area contributed by atoms with Crippen LogP contribution in [0.4, 0.5) is 5.82 Å². The van der Waals surface area contributed by atoms with Gasteiger partial charge in [-0.3, -0.25) is 0 Å². The minimum atomic E-state index is -4.10. The first-order valence-corrected chi connectivity index (χ1v) is 10.7. The monoisotopic (exact) mass is 422 g/mol. The van der Waals surface area contributed by atoms with Crippen molar-refractivity contribution < 1.29 is 18.3 Å². The van der Waals surface area contributed by atoms with Crippen LogP contribution in [-0.2, 0) is 15.4 Å². The standard InChI is InChI=1S/C20H30N4O4S/c1-19(2,3)12-28-18-13(10-11-14(22-18)20(4,5)6)17(25)24-29(26,27)16-9-7-8-15(21)23-16/h7-11,17,24-25H,12H2,1-6H3,(H2,21,23). The van der Waals surface area contributed by atoms with E-state index in [9.17, 15) is 13.5 Å². The molecule has 0 saturated carbocycles. The number of sulfonamides is 1. The van der Waals surface area contributed by atoms with Gasteiger partial charge in [0.1, 0.15) is 12.0 Å². The van der Waals surface area contributed by atoms with E-state index in [1.807, 2.05) is 41.5 Å². The summed E-state index contributed by atoms with van der Waals surface area (Å²) >= 11 is 0. The number of anilines is 1. The van der Waals surface area contributed by atoms with Crippen LogP contribution in [0, 0.1) is 5.41 Å². The summed E-state index contributed by atoms with van der Waals surface area (Å²) in [5.41, 5.74) is 6.15. The van der Waals surface area contributed by atoms with Crippen molar-refractivity contribution in [3.8, 4) is 5.88 Å². The van der Waals surface area contributed by atoms with Crippen LogP contribution in [-0.4, -0.2) is 30.1 Å². The van der Waals surface area contributed by atoms with E-state index in [-0.39, 0.29) is 33.1 Å². The summed E-state index contributed by atoms with van der Waals surface area (Å²) < 4.78 is 33.2. The van der Waals surface area contributed by atoms with E-state index in [0.29, 0.717) is 6.61 Å². The van der Waals surface area contributed by atoms with Gasteiger partial charge in [0.05, 0.1) is 12.2 Å². The molecular formula is C20H30N4O4S. The maximum absolute atomic E-state index is 12.6. The molecule has 0 aliphatic rings. The molecule has 0 fully saturated rings. The summed E-state index contributed by atoms with van der Waals surface area (Å²) in [6.45, 7) is 12.4. The van der Waals surface area contributed by atoms with E-state index in [1.165, 1.54) is 18.2 Å². The van der Waals surface area contributed by atoms with Crippen LogP contribution >= 0.6 is 0 Å². The van der Waals surface area contributed by atoms with Crippen molar-refractivity contribution in [1.82, 2.24) is 14.7 Å². The Bertz CT molecular complexity index is 963. The van der Waals surface area contributed by atoms with Crippen LogP contribution in [0.3, 0.4) is 0 Å². The van der Waals surface area contributed by atoms with Crippen molar-refractivity contribution in [3.63, 3.8) is 0 Å². The zero-order valence-corrected chi connectivity index (χ0v) is 18.5. The fourth-order valence-electron chi connectivity index (χ4n) is 2.33. The zero-order chi connectivity index (χ0) is 22.0. The molecule has 160 valence electrons. The highest BCUT2D eigenvalue weighted by Gasteiger charge is 2.26. The molecule has 4 N–H and O–H groups in total. The normalized spacial score (nSPS) is 13.9. The number of rotatable bonds is 6. The first-order valence-electron chi connectivity index (χ1n) is 9.26. The zero-order valence-electron chi connectivity index (χ0n) is 17.7. The Morgan fingerprint density at radius 3 is 2.31 bits per heavy atom. The van der Waals surface area contributed by atoms with Crippen LogP contribution in [0.1, 0.15) is 59.0 Å². The van der Waals surface area contributed by atoms with Gasteiger partial charge in [-0.05, 0) is 29.7 Å². The molecule has 2 aromatic rings. The maximum Gasteiger partial charge on any atom is 0.260 e. The molecule has 0 amide bonds. The van der Waals surface area contributed by atoms with Crippen molar-refractivity contribution in [3.05, 3.63) is 41.6 Å². The van der Waals surface area contributed by atoms with E-state index in [2.05, 4.69) is 14.7 Å². The number of aliphatic hydroxyl groups excluding tert-OH is 1. The van der Waals surface area contributed by atoms with Gasteiger partial charge in [0.2, 0.25) is 5.88 Å². The molecule has 0 aromatic carbocycles. The second-order valence-electron chi connectivity index (χ2n) is 9.11. The molecule has 1 atom stereocenters. The van der Waals surface area contributed by atoms with Gasteiger partial charge in [-0.2, -0.15) is 4.72 Å². The van der Waals surface area contributed by atoms with Crippen LogP contribution in [0.25, 0.3) is 0 Å². The summed E-state index contributed by atoms with van der Waals surface area (Å²) in [4.78, 5) is 8.33. The highest BCUT2D eigenvalue weighted by Crippen LogP contribution is 2.29. The van der Waals surface area contributed by atoms with Gasteiger partial charge in [0.15, 0.2) is 5.03 Å². The summed E-state index contributed by atoms with van der Waals surface area (Å²) in [6, 6.07) is 7.61. The van der Waals surface area contributed by atoms with Crippen molar-refractivity contribution in [2.24, 2.45) is 5.41 Å². The first-order chi connectivity index (χ1) is 13.2. The van der Waals surface area contributed by atoms with E-state index < -0.39 is 16.3 Å². The molecule has 0 radical (unpaired) electrons. The minimum Gasteiger partial charge on any atom is -0.477 e. The van der Waals surface area contributed by atoms with Crippen molar-refractivity contribution in [1.29, 1.82) is 0 Å². The lowest BCUT2D eigenvalue weighted by Crippen LogP contribution is -2.30. The summed E-state index contributed by atoms with van der Waals surface area (Å²) in [5, 5.41) is 10.3. The molecule has 0 aliphatic carbocycles. The van der Waals surface area contributed by atoms with E-state index in [4.69, 9.17) is 10.5 Å².